The number of aliphatic hydroxyl groups is 1. The van der Waals surface area contributed by atoms with Crippen LogP contribution in [0.2, 0.25) is 25.7 Å². The molecule has 0 aliphatic heterocycles. The minimum absolute atomic E-state index is 0.0200. The van der Waals surface area contributed by atoms with Crippen molar-refractivity contribution < 1.29 is 27.4 Å². The van der Waals surface area contributed by atoms with Crippen LogP contribution in [-0.2, 0) is 17.9 Å². The van der Waals surface area contributed by atoms with Crippen LogP contribution in [-0.4, -0.2) is 40.5 Å². The predicted octanol–water partition coefficient (Wildman–Crippen LogP) is 3.92. The average Bonchev–Trinajstić information content (AvgIpc) is 2.94. The maximum atomic E-state index is 13.7. The lowest BCUT2D eigenvalue weighted by atomic mass is 10.1. The highest BCUT2D eigenvalue weighted by atomic mass is 28.3. The van der Waals surface area contributed by atoms with Gasteiger partial charge >= 0.3 is 6.18 Å². The second kappa shape index (κ2) is 8.49. The molecule has 0 aliphatic rings. The second-order valence-electron chi connectivity index (χ2n) is 7.50. The molecular weight excluding hydrogens is 382 g/mol. The summed E-state index contributed by atoms with van der Waals surface area (Å²) in [4.78, 5) is 7.51. The molecule has 0 amide bonds. The third kappa shape index (κ3) is 6.40. The Bertz CT molecular complexity index is 759. The summed E-state index contributed by atoms with van der Waals surface area (Å²) in [6.45, 7) is 6.72. The molecule has 150 valence electrons. The molecule has 1 N–H and O–H groups in total. The third-order valence-electron chi connectivity index (χ3n) is 3.87. The Labute approximate surface area is 156 Å². The van der Waals surface area contributed by atoms with Crippen molar-refractivity contribution in [1.82, 2.24) is 14.5 Å². The number of imidazole rings is 1. The SMILES string of the molecule is C[Si](C)(C)CCOCn1cc(Cc2ccncc2F)nc1C(O)C(F)(F)F. The van der Waals surface area contributed by atoms with Gasteiger partial charge < -0.3 is 14.4 Å². The molecule has 2 heterocycles. The molecule has 0 saturated carbocycles. The number of halogens is 4. The number of hydrogen-bond donors (Lipinski definition) is 1. The van der Waals surface area contributed by atoms with Crippen LogP contribution in [0.4, 0.5) is 17.6 Å². The summed E-state index contributed by atoms with van der Waals surface area (Å²) >= 11 is 0. The molecule has 10 heteroatoms. The summed E-state index contributed by atoms with van der Waals surface area (Å²) < 4.78 is 59.2. The Morgan fingerprint density at radius 1 is 1.30 bits per heavy atom. The molecule has 0 aromatic carbocycles. The monoisotopic (exact) mass is 405 g/mol. The minimum atomic E-state index is -4.86. The third-order valence-corrected chi connectivity index (χ3v) is 5.57. The van der Waals surface area contributed by atoms with E-state index in [1.165, 1.54) is 18.5 Å². The van der Waals surface area contributed by atoms with E-state index in [-0.39, 0.29) is 24.4 Å². The van der Waals surface area contributed by atoms with Crippen molar-refractivity contribution in [2.24, 2.45) is 0 Å². The molecule has 0 aliphatic carbocycles. The van der Waals surface area contributed by atoms with Crippen molar-refractivity contribution in [2.45, 2.75) is 51.1 Å². The number of aromatic nitrogens is 3. The van der Waals surface area contributed by atoms with Gasteiger partial charge in [0, 0.05) is 33.5 Å². The summed E-state index contributed by atoms with van der Waals surface area (Å²) in [7, 11) is -1.34. The lowest BCUT2D eigenvalue weighted by Gasteiger charge is -2.18. The largest absolute Gasteiger partial charge is 0.421 e. The van der Waals surface area contributed by atoms with E-state index >= 15 is 0 Å². The fourth-order valence-corrected chi connectivity index (χ4v) is 3.08. The van der Waals surface area contributed by atoms with Gasteiger partial charge in [0.15, 0.2) is 0 Å². The van der Waals surface area contributed by atoms with Gasteiger partial charge in [0.1, 0.15) is 18.4 Å². The first-order valence-corrected chi connectivity index (χ1v) is 12.1. The normalized spacial score (nSPS) is 13.8. The predicted molar refractivity (Wildman–Crippen MR) is 94.3 cm³/mol. The Kier molecular flexibility index (Phi) is 6.76. The highest BCUT2D eigenvalue weighted by Crippen LogP contribution is 2.32. The van der Waals surface area contributed by atoms with Gasteiger partial charge in [0.05, 0.1) is 11.9 Å². The van der Waals surface area contributed by atoms with Crippen LogP contribution in [0.25, 0.3) is 0 Å². The van der Waals surface area contributed by atoms with E-state index < -0.39 is 32.0 Å². The topological polar surface area (TPSA) is 60.2 Å². The minimum Gasteiger partial charge on any atom is -0.377 e. The Morgan fingerprint density at radius 2 is 2.00 bits per heavy atom. The van der Waals surface area contributed by atoms with E-state index in [1.54, 1.807) is 0 Å². The fraction of sp³-hybridized carbons (Fsp3) is 0.529. The Balaban J connectivity index is 2.19. The van der Waals surface area contributed by atoms with Crippen molar-refractivity contribution in [3.05, 3.63) is 47.6 Å². The number of aliphatic hydroxyl groups excluding tert-OH is 1. The van der Waals surface area contributed by atoms with Crippen LogP contribution < -0.4 is 0 Å². The van der Waals surface area contributed by atoms with E-state index in [9.17, 15) is 22.7 Å². The van der Waals surface area contributed by atoms with Crippen molar-refractivity contribution >= 4 is 8.07 Å². The second-order valence-corrected chi connectivity index (χ2v) is 13.1. The first-order chi connectivity index (χ1) is 12.5. The van der Waals surface area contributed by atoms with Gasteiger partial charge in [0.2, 0.25) is 6.10 Å². The summed E-state index contributed by atoms with van der Waals surface area (Å²) in [6.07, 6.45) is -3.86. The van der Waals surface area contributed by atoms with Gasteiger partial charge in [-0.25, -0.2) is 9.37 Å². The number of alkyl halides is 3. The quantitative estimate of drug-likeness (QED) is 0.411. The molecule has 1 atom stereocenters. The van der Waals surface area contributed by atoms with Crippen molar-refractivity contribution in [2.75, 3.05) is 6.61 Å². The maximum Gasteiger partial charge on any atom is 0.421 e. The molecule has 0 saturated heterocycles. The van der Waals surface area contributed by atoms with E-state index in [0.717, 1.165) is 16.8 Å². The molecule has 2 aromatic rings. The smallest absolute Gasteiger partial charge is 0.377 e. The Hall–Kier alpha value is -1.78. The van der Waals surface area contributed by atoms with E-state index in [4.69, 9.17) is 4.74 Å². The number of rotatable bonds is 8. The summed E-state index contributed by atoms with van der Waals surface area (Å²) in [5.41, 5.74) is 0.453. The number of ether oxygens (including phenoxy) is 1. The molecule has 0 radical (unpaired) electrons. The van der Waals surface area contributed by atoms with Gasteiger partial charge in [-0.1, -0.05) is 19.6 Å². The molecule has 0 spiro atoms. The molecular formula is C17H23F4N3O2Si. The average molecular weight is 405 g/mol. The molecule has 0 fully saturated rings. The van der Waals surface area contributed by atoms with Crippen molar-refractivity contribution in [1.29, 1.82) is 0 Å². The van der Waals surface area contributed by atoms with E-state index in [0.29, 0.717) is 6.61 Å². The number of nitrogens with zero attached hydrogens (tertiary/aromatic N) is 3. The van der Waals surface area contributed by atoms with Gasteiger partial charge in [0.25, 0.3) is 0 Å². The van der Waals surface area contributed by atoms with Gasteiger partial charge in [-0.15, -0.1) is 0 Å². The van der Waals surface area contributed by atoms with Crippen molar-refractivity contribution in [3.63, 3.8) is 0 Å². The zero-order valence-corrected chi connectivity index (χ0v) is 16.4. The van der Waals surface area contributed by atoms with Crippen LogP contribution in [0.15, 0.2) is 24.7 Å². The summed E-state index contributed by atoms with van der Waals surface area (Å²) in [5.74, 6) is -1.14. The molecule has 27 heavy (non-hydrogen) atoms. The van der Waals surface area contributed by atoms with Gasteiger partial charge in [-0.2, -0.15) is 13.2 Å². The molecule has 5 nitrogen and oxygen atoms in total. The lowest BCUT2D eigenvalue weighted by molar-refractivity contribution is -0.210. The summed E-state index contributed by atoms with van der Waals surface area (Å²) in [5, 5.41) is 9.62. The molecule has 1 unspecified atom stereocenters. The molecule has 0 bridgehead atoms. The molecule has 2 rings (SSSR count). The number of hydrogen-bond acceptors (Lipinski definition) is 4. The lowest BCUT2D eigenvalue weighted by Crippen LogP contribution is -2.25. The summed E-state index contributed by atoms with van der Waals surface area (Å²) in [6, 6.07) is 2.28. The van der Waals surface area contributed by atoms with Gasteiger partial charge in [-0.05, 0) is 17.7 Å². The van der Waals surface area contributed by atoms with Crippen LogP contribution in [0.3, 0.4) is 0 Å². The van der Waals surface area contributed by atoms with E-state index in [1.807, 2.05) is 0 Å². The fourth-order valence-electron chi connectivity index (χ4n) is 2.32. The van der Waals surface area contributed by atoms with Gasteiger partial charge in [-0.3, -0.25) is 4.98 Å². The maximum absolute atomic E-state index is 13.7. The number of pyridine rings is 1. The Morgan fingerprint density at radius 3 is 2.59 bits per heavy atom. The highest BCUT2D eigenvalue weighted by Gasteiger charge is 2.42. The van der Waals surface area contributed by atoms with Crippen LogP contribution in [0.1, 0.15) is 23.2 Å². The van der Waals surface area contributed by atoms with Crippen LogP contribution in [0.5, 0.6) is 0 Å². The van der Waals surface area contributed by atoms with Crippen LogP contribution in [0, 0.1) is 5.82 Å². The zero-order chi connectivity index (χ0) is 20.2. The van der Waals surface area contributed by atoms with E-state index in [2.05, 4.69) is 29.6 Å². The standard InChI is InChI=1S/C17H23F4N3O2Si/c1-27(2,3)7-6-26-11-24-10-13(8-12-4-5-22-9-14(12)18)23-16(24)15(25)17(19,20)21/h4-5,9-10,15,25H,6-8,11H2,1-3H3. The van der Waals surface area contributed by atoms with Crippen LogP contribution >= 0.6 is 0 Å². The zero-order valence-electron chi connectivity index (χ0n) is 15.4. The van der Waals surface area contributed by atoms with Crippen molar-refractivity contribution in [3.8, 4) is 0 Å². The first-order valence-electron chi connectivity index (χ1n) is 8.44. The first kappa shape index (κ1) is 21.5. The molecule has 2 aromatic heterocycles. The highest BCUT2D eigenvalue weighted by molar-refractivity contribution is 6.76.